The van der Waals surface area contributed by atoms with Crippen LogP contribution in [0, 0.1) is 6.92 Å². The van der Waals surface area contributed by atoms with Crippen molar-refractivity contribution in [2.75, 3.05) is 31.1 Å². The molecular weight excluding hydrogens is 340 g/mol. The van der Waals surface area contributed by atoms with Crippen molar-refractivity contribution in [3.8, 4) is 0 Å². The van der Waals surface area contributed by atoms with Gasteiger partial charge in [0.25, 0.3) is 11.8 Å². The highest BCUT2D eigenvalue weighted by Crippen LogP contribution is 2.18. The second-order valence-corrected chi connectivity index (χ2v) is 7.15. The molecule has 0 spiro atoms. The number of nitrogens with one attached hydrogen (secondary N) is 1. The van der Waals surface area contributed by atoms with Crippen LogP contribution in [0.3, 0.4) is 0 Å². The van der Waals surface area contributed by atoms with Crippen molar-refractivity contribution in [3.05, 3.63) is 59.4 Å². The van der Waals surface area contributed by atoms with Crippen LogP contribution in [0.5, 0.6) is 0 Å². The van der Waals surface area contributed by atoms with Gasteiger partial charge >= 0.3 is 0 Å². The topological polar surface area (TPSA) is 65.5 Å². The molecule has 3 rings (SSSR count). The van der Waals surface area contributed by atoms with E-state index >= 15 is 0 Å². The van der Waals surface area contributed by atoms with E-state index in [9.17, 15) is 9.59 Å². The molecule has 1 fully saturated rings. The highest BCUT2D eigenvalue weighted by Gasteiger charge is 2.24. The van der Waals surface area contributed by atoms with Crippen LogP contribution in [0.1, 0.15) is 40.4 Å². The summed E-state index contributed by atoms with van der Waals surface area (Å²) < 4.78 is 0. The Kier molecular flexibility index (Phi) is 5.74. The molecule has 0 aliphatic carbocycles. The lowest BCUT2D eigenvalue weighted by atomic mass is 10.2. The fraction of sp³-hybridized carbons (Fsp3) is 0.381. The Balaban J connectivity index is 1.65. The molecule has 1 aromatic carbocycles. The molecule has 6 heteroatoms. The Morgan fingerprint density at radius 2 is 1.67 bits per heavy atom. The Morgan fingerprint density at radius 3 is 2.33 bits per heavy atom. The Bertz CT molecular complexity index is 826. The SMILES string of the molecule is Cc1cccc(N2CCN(C(=O)c3cccc(C(=O)NC(C)C)n3)CC2)c1. The average Bonchev–Trinajstić information content (AvgIpc) is 2.67. The molecule has 1 aliphatic heterocycles. The summed E-state index contributed by atoms with van der Waals surface area (Å²) >= 11 is 0. The minimum Gasteiger partial charge on any atom is -0.368 e. The number of hydrogen-bond acceptors (Lipinski definition) is 4. The van der Waals surface area contributed by atoms with E-state index in [-0.39, 0.29) is 23.6 Å². The number of amides is 2. The summed E-state index contributed by atoms with van der Waals surface area (Å²) in [5.74, 6) is -0.387. The largest absolute Gasteiger partial charge is 0.368 e. The first-order valence-corrected chi connectivity index (χ1v) is 9.33. The molecule has 27 heavy (non-hydrogen) atoms. The molecule has 1 N–H and O–H groups in total. The van der Waals surface area contributed by atoms with E-state index in [0.717, 1.165) is 13.1 Å². The summed E-state index contributed by atoms with van der Waals surface area (Å²) in [6, 6.07) is 13.4. The molecule has 0 radical (unpaired) electrons. The maximum absolute atomic E-state index is 12.8. The molecule has 1 saturated heterocycles. The minimum atomic E-state index is -0.260. The fourth-order valence-electron chi connectivity index (χ4n) is 3.17. The predicted octanol–water partition coefficient (Wildman–Crippen LogP) is 2.49. The zero-order valence-electron chi connectivity index (χ0n) is 16.1. The number of hydrogen-bond donors (Lipinski definition) is 1. The number of aromatic nitrogens is 1. The molecule has 1 aliphatic rings. The van der Waals surface area contributed by atoms with Crippen molar-refractivity contribution in [2.45, 2.75) is 26.8 Å². The number of rotatable bonds is 4. The summed E-state index contributed by atoms with van der Waals surface area (Å²) in [5.41, 5.74) is 3.00. The molecule has 0 bridgehead atoms. The predicted molar refractivity (Wildman–Crippen MR) is 106 cm³/mol. The number of aryl methyl sites for hydroxylation is 1. The summed E-state index contributed by atoms with van der Waals surface area (Å²) in [6.07, 6.45) is 0. The first-order chi connectivity index (χ1) is 12.9. The number of carbonyl (C=O) groups excluding carboxylic acids is 2. The lowest BCUT2D eigenvalue weighted by Gasteiger charge is -2.36. The number of benzene rings is 1. The van der Waals surface area contributed by atoms with E-state index in [1.165, 1.54) is 11.3 Å². The van der Waals surface area contributed by atoms with Crippen molar-refractivity contribution in [1.82, 2.24) is 15.2 Å². The highest BCUT2D eigenvalue weighted by atomic mass is 16.2. The number of piperazine rings is 1. The molecule has 2 heterocycles. The molecule has 142 valence electrons. The van der Waals surface area contributed by atoms with Crippen LogP contribution in [-0.2, 0) is 0 Å². The van der Waals surface area contributed by atoms with Gasteiger partial charge in [0.15, 0.2) is 0 Å². The maximum atomic E-state index is 12.8. The van der Waals surface area contributed by atoms with Crippen LogP contribution < -0.4 is 10.2 Å². The third-order valence-electron chi connectivity index (χ3n) is 4.55. The zero-order valence-corrected chi connectivity index (χ0v) is 16.1. The monoisotopic (exact) mass is 366 g/mol. The zero-order chi connectivity index (χ0) is 19.4. The van der Waals surface area contributed by atoms with E-state index in [2.05, 4.69) is 46.4 Å². The van der Waals surface area contributed by atoms with Crippen LogP contribution >= 0.6 is 0 Å². The Morgan fingerprint density at radius 1 is 1.00 bits per heavy atom. The van der Waals surface area contributed by atoms with Gasteiger partial charge in [0.2, 0.25) is 0 Å². The average molecular weight is 366 g/mol. The van der Waals surface area contributed by atoms with Gasteiger partial charge in [-0.15, -0.1) is 0 Å². The molecule has 0 saturated carbocycles. The van der Waals surface area contributed by atoms with Gasteiger partial charge in [-0.1, -0.05) is 18.2 Å². The molecule has 1 aromatic heterocycles. The van der Waals surface area contributed by atoms with Crippen molar-refractivity contribution >= 4 is 17.5 Å². The number of carbonyl (C=O) groups is 2. The van der Waals surface area contributed by atoms with Crippen LogP contribution in [0.25, 0.3) is 0 Å². The van der Waals surface area contributed by atoms with E-state index in [0.29, 0.717) is 18.8 Å². The summed E-state index contributed by atoms with van der Waals surface area (Å²) in [7, 11) is 0. The number of anilines is 1. The normalized spacial score (nSPS) is 14.4. The fourth-order valence-corrected chi connectivity index (χ4v) is 3.17. The quantitative estimate of drug-likeness (QED) is 0.903. The molecule has 2 aromatic rings. The second-order valence-electron chi connectivity index (χ2n) is 7.15. The molecule has 0 unspecified atom stereocenters. The summed E-state index contributed by atoms with van der Waals surface area (Å²) in [6.45, 7) is 8.69. The van der Waals surface area contributed by atoms with E-state index < -0.39 is 0 Å². The lowest BCUT2D eigenvalue weighted by Crippen LogP contribution is -2.49. The van der Waals surface area contributed by atoms with E-state index in [1.54, 1.807) is 23.1 Å². The smallest absolute Gasteiger partial charge is 0.272 e. The van der Waals surface area contributed by atoms with Gasteiger partial charge in [-0.3, -0.25) is 9.59 Å². The van der Waals surface area contributed by atoms with Crippen molar-refractivity contribution < 1.29 is 9.59 Å². The van der Waals surface area contributed by atoms with Crippen LogP contribution in [0.4, 0.5) is 5.69 Å². The first kappa shape index (κ1) is 18.9. The first-order valence-electron chi connectivity index (χ1n) is 9.33. The van der Waals surface area contributed by atoms with Gasteiger partial charge in [-0.25, -0.2) is 4.98 Å². The summed E-state index contributed by atoms with van der Waals surface area (Å²) in [5, 5.41) is 2.80. The van der Waals surface area contributed by atoms with Crippen LogP contribution in [0.15, 0.2) is 42.5 Å². The molecule has 6 nitrogen and oxygen atoms in total. The highest BCUT2D eigenvalue weighted by molar-refractivity contribution is 5.96. The molecular formula is C21H26N4O2. The van der Waals surface area contributed by atoms with Crippen LogP contribution in [-0.4, -0.2) is 53.9 Å². The molecule has 0 atom stereocenters. The van der Waals surface area contributed by atoms with E-state index in [4.69, 9.17) is 0 Å². The number of pyridine rings is 1. The van der Waals surface area contributed by atoms with Gasteiger partial charge < -0.3 is 15.1 Å². The van der Waals surface area contributed by atoms with Gasteiger partial charge in [-0.2, -0.15) is 0 Å². The Labute approximate surface area is 160 Å². The second kappa shape index (κ2) is 8.20. The van der Waals surface area contributed by atoms with Gasteiger partial charge in [0.1, 0.15) is 11.4 Å². The number of nitrogens with zero attached hydrogens (tertiary/aromatic N) is 3. The van der Waals surface area contributed by atoms with Gasteiger partial charge in [-0.05, 0) is 50.6 Å². The standard InChI is InChI=1S/C21H26N4O2/c1-15(2)22-20(26)18-8-5-9-19(23-18)21(27)25-12-10-24(11-13-25)17-7-4-6-16(3)14-17/h4-9,14-15H,10-13H2,1-3H3,(H,22,26). The maximum Gasteiger partial charge on any atom is 0.272 e. The molecule has 2 amide bonds. The third kappa shape index (κ3) is 4.64. The van der Waals surface area contributed by atoms with Crippen LogP contribution in [0.2, 0.25) is 0 Å². The minimum absolute atomic E-state index is 0.0216. The van der Waals surface area contributed by atoms with Crippen molar-refractivity contribution in [2.24, 2.45) is 0 Å². The van der Waals surface area contributed by atoms with Gasteiger partial charge in [0, 0.05) is 37.9 Å². The Hall–Kier alpha value is -2.89. The van der Waals surface area contributed by atoms with Crippen molar-refractivity contribution in [1.29, 1.82) is 0 Å². The van der Waals surface area contributed by atoms with Crippen molar-refractivity contribution in [3.63, 3.8) is 0 Å². The summed E-state index contributed by atoms with van der Waals surface area (Å²) in [4.78, 5) is 33.3. The third-order valence-corrected chi connectivity index (χ3v) is 4.55. The van der Waals surface area contributed by atoms with Gasteiger partial charge in [0.05, 0.1) is 0 Å². The lowest BCUT2D eigenvalue weighted by molar-refractivity contribution is 0.0740. The van der Waals surface area contributed by atoms with E-state index in [1.807, 2.05) is 13.8 Å².